The molecule has 150 valence electrons. The van der Waals surface area contributed by atoms with E-state index in [1.54, 1.807) is 19.4 Å². The quantitative estimate of drug-likeness (QED) is 0.805. The lowest BCUT2D eigenvalue weighted by atomic mass is 10.1. The van der Waals surface area contributed by atoms with Crippen LogP contribution in [0.15, 0.2) is 18.3 Å². The predicted molar refractivity (Wildman–Crippen MR) is 106 cm³/mol. The molecule has 2 aliphatic rings. The van der Waals surface area contributed by atoms with Crippen molar-refractivity contribution in [2.24, 2.45) is 0 Å². The summed E-state index contributed by atoms with van der Waals surface area (Å²) < 4.78 is 10.6. The van der Waals surface area contributed by atoms with Crippen molar-refractivity contribution in [1.29, 1.82) is 5.26 Å². The van der Waals surface area contributed by atoms with Crippen LogP contribution in [0.4, 0.5) is 5.69 Å². The molecule has 2 aromatic heterocycles. The molecule has 0 spiro atoms. The van der Waals surface area contributed by atoms with Crippen LogP contribution < -0.4 is 14.8 Å². The smallest absolute Gasteiger partial charge is 0.256 e. The molecule has 0 bridgehead atoms. The van der Waals surface area contributed by atoms with E-state index in [-0.39, 0.29) is 11.8 Å². The maximum atomic E-state index is 13.0. The Labute approximate surface area is 169 Å². The number of ether oxygens (including phenoxy) is 2. The van der Waals surface area contributed by atoms with Crippen LogP contribution in [-0.4, -0.2) is 41.0 Å². The van der Waals surface area contributed by atoms with Gasteiger partial charge in [0.25, 0.3) is 5.91 Å². The van der Waals surface area contributed by atoms with Gasteiger partial charge in [-0.3, -0.25) is 4.79 Å². The topological polar surface area (TPSA) is 100 Å². The predicted octanol–water partition coefficient (Wildman–Crippen LogP) is 2.88. The summed E-state index contributed by atoms with van der Waals surface area (Å²) in [4.78, 5) is 23.6. The number of rotatable bonds is 6. The molecular formula is C21H23N5O3. The number of nitriles is 1. The van der Waals surface area contributed by atoms with Crippen LogP contribution in [0.2, 0.25) is 0 Å². The summed E-state index contributed by atoms with van der Waals surface area (Å²) in [5, 5.41) is 12.6. The third kappa shape index (κ3) is 3.44. The van der Waals surface area contributed by atoms with Crippen molar-refractivity contribution >= 4 is 11.6 Å². The average Bonchev–Trinajstić information content (AvgIpc) is 3.39. The minimum Gasteiger partial charge on any atom is -0.481 e. The second kappa shape index (κ2) is 7.95. The number of carbonyl (C=O) groups is 1. The van der Waals surface area contributed by atoms with E-state index >= 15 is 0 Å². The molecule has 0 saturated heterocycles. The van der Waals surface area contributed by atoms with Crippen LogP contribution in [0, 0.1) is 11.3 Å². The van der Waals surface area contributed by atoms with E-state index in [1.165, 1.54) is 20.0 Å². The van der Waals surface area contributed by atoms with Gasteiger partial charge in [0, 0.05) is 24.3 Å². The third-order valence-corrected chi connectivity index (χ3v) is 5.60. The minimum absolute atomic E-state index is 0.0478. The molecule has 1 saturated carbocycles. The van der Waals surface area contributed by atoms with Crippen molar-refractivity contribution in [2.75, 3.05) is 19.5 Å². The van der Waals surface area contributed by atoms with Crippen molar-refractivity contribution < 1.29 is 14.3 Å². The number of hydrogen-bond acceptors (Lipinski definition) is 7. The minimum atomic E-state index is 0.0478. The van der Waals surface area contributed by atoms with Gasteiger partial charge in [0.15, 0.2) is 0 Å². The number of pyridine rings is 2. The van der Waals surface area contributed by atoms with E-state index in [0.29, 0.717) is 41.8 Å². The Kier molecular flexibility index (Phi) is 5.21. The Morgan fingerprint density at radius 3 is 2.72 bits per heavy atom. The van der Waals surface area contributed by atoms with Crippen LogP contribution in [-0.2, 0) is 13.1 Å². The highest BCUT2D eigenvalue weighted by atomic mass is 16.5. The zero-order valence-electron chi connectivity index (χ0n) is 16.6. The van der Waals surface area contributed by atoms with Crippen LogP contribution in [0.1, 0.15) is 52.9 Å². The summed E-state index contributed by atoms with van der Waals surface area (Å²) in [5.74, 6) is 0.794. The number of nitrogens with zero attached hydrogens (tertiary/aromatic N) is 4. The number of fused-ring (bicyclic) bond motifs is 1. The van der Waals surface area contributed by atoms with Crippen molar-refractivity contribution in [3.63, 3.8) is 0 Å². The lowest BCUT2D eigenvalue weighted by molar-refractivity contribution is 0.0706. The molecule has 0 unspecified atom stereocenters. The molecule has 8 nitrogen and oxygen atoms in total. The zero-order chi connectivity index (χ0) is 20.4. The highest BCUT2D eigenvalue weighted by molar-refractivity contribution is 5.98. The van der Waals surface area contributed by atoms with Crippen molar-refractivity contribution in [2.45, 2.75) is 44.8 Å². The fraction of sp³-hybridized carbons (Fsp3) is 0.429. The van der Waals surface area contributed by atoms with Gasteiger partial charge in [0.05, 0.1) is 37.7 Å². The van der Waals surface area contributed by atoms with E-state index in [1.807, 2.05) is 11.0 Å². The van der Waals surface area contributed by atoms with Gasteiger partial charge in [-0.1, -0.05) is 12.8 Å². The van der Waals surface area contributed by atoms with Crippen molar-refractivity contribution in [3.05, 3.63) is 40.7 Å². The maximum absolute atomic E-state index is 13.0. The van der Waals surface area contributed by atoms with Crippen LogP contribution >= 0.6 is 0 Å². The number of hydrogen-bond donors (Lipinski definition) is 1. The fourth-order valence-electron chi connectivity index (χ4n) is 4.12. The fourth-order valence-corrected chi connectivity index (χ4v) is 4.12. The summed E-state index contributed by atoms with van der Waals surface area (Å²) in [7, 11) is 3.04. The molecule has 29 heavy (non-hydrogen) atoms. The van der Waals surface area contributed by atoms with Gasteiger partial charge in [-0.25, -0.2) is 9.97 Å². The second-order valence-corrected chi connectivity index (χ2v) is 7.23. The number of methoxy groups -OCH3 is 2. The Balaban J connectivity index is 1.59. The maximum Gasteiger partial charge on any atom is 0.256 e. The van der Waals surface area contributed by atoms with E-state index in [0.717, 1.165) is 24.1 Å². The first-order valence-electron chi connectivity index (χ1n) is 9.71. The molecule has 4 rings (SSSR count). The average molecular weight is 393 g/mol. The van der Waals surface area contributed by atoms with Gasteiger partial charge in [-0.15, -0.1) is 0 Å². The molecular weight excluding hydrogens is 370 g/mol. The number of amides is 1. The normalized spacial score (nSPS) is 15.9. The van der Waals surface area contributed by atoms with Gasteiger partial charge in [0.2, 0.25) is 11.8 Å². The van der Waals surface area contributed by atoms with Gasteiger partial charge in [0.1, 0.15) is 11.6 Å². The Hall–Kier alpha value is -3.34. The van der Waals surface area contributed by atoms with E-state index in [4.69, 9.17) is 9.47 Å². The van der Waals surface area contributed by atoms with Crippen LogP contribution in [0.3, 0.4) is 0 Å². The van der Waals surface area contributed by atoms with Gasteiger partial charge in [-0.2, -0.15) is 5.26 Å². The first-order valence-corrected chi connectivity index (χ1v) is 9.71. The lowest BCUT2D eigenvalue weighted by Gasteiger charge is -2.22. The Morgan fingerprint density at radius 2 is 2.03 bits per heavy atom. The van der Waals surface area contributed by atoms with Gasteiger partial charge in [-0.05, 0) is 25.0 Å². The summed E-state index contributed by atoms with van der Waals surface area (Å²) in [5.41, 5.74) is 3.09. The molecule has 0 aromatic carbocycles. The largest absolute Gasteiger partial charge is 0.481 e. The standard InChI is InChI=1S/C21H23N5O3/c1-28-19-13(11-24-17-7-8-23-20(29-2)16(17)10-22)9-15-18(25-19)12-26(21(15)27)14-5-3-4-6-14/h7-9,14H,3-6,11-12H2,1-2H3,(H,23,24). The van der Waals surface area contributed by atoms with Crippen molar-refractivity contribution in [3.8, 4) is 17.8 Å². The molecule has 1 aliphatic carbocycles. The monoisotopic (exact) mass is 393 g/mol. The summed E-state index contributed by atoms with van der Waals surface area (Å²) in [6.45, 7) is 0.894. The molecule has 8 heteroatoms. The molecule has 0 atom stereocenters. The Bertz CT molecular complexity index is 979. The van der Waals surface area contributed by atoms with Gasteiger partial charge >= 0.3 is 0 Å². The number of aromatic nitrogens is 2. The molecule has 1 N–H and O–H groups in total. The first kappa shape index (κ1) is 19.0. The number of anilines is 1. The summed E-state index contributed by atoms with van der Waals surface area (Å²) in [6, 6.07) is 5.99. The molecule has 1 aliphatic heterocycles. The number of carbonyl (C=O) groups excluding carboxylic acids is 1. The molecule has 2 aromatic rings. The molecule has 1 fully saturated rings. The second-order valence-electron chi connectivity index (χ2n) is 7.23. The summed E-state index contributed by atoms with van der Waals surface area (Å²) in [6.07, 6.45) is 6.04. The summed E-state index contributed by atoms with van der Waals surface area (Å²) >= 11 is 0. The van der Waals surface area contributed by atoms with Gasteiger partial charge < -0.3 is 19.7 Å². The van der Waals surface area contributed by atoms with Crippen LogP contribution in [0.25, 0.3) is 0 Å². The third-order valence-electron chi connectivity index (χ3n) is 5.60. The Morgan fingerprint density at radius 1 is 1.28 bits per heavy atom. The van der Waals surface area contributed by atoms with Crippen molar-refractivity contribution in [1.82, 2.24) is 14.9 Å². The number of nitrogens with one attached hydrogen (secondary N) is 1. The molecule has 1 amide bonds. The first-order chi connectivity index (χ1) is 14.2. The van der Waals surface area contributed by atoms with Crippen LogP contribution in [0.5, 0.6) is 11.8 Å². The zero-order valence-corrected chi connectivity index (χ0v) is 16.6. The van der Waals surface area contributed by atoms with E-state index in [2.05, 4.69) is 21.4 Å². The molecule has 3 heterocycles. The lowest BCUT2D eigenvalue weighted by Crippen LogP contribution is -2.33. The van der Waals surface area contributed by atoms with E-state index in [9.17, 15) is 10.1 Å². The highest BCUT2D eigenvalue weighted by Crippen LogP contribution is 2.33. The SMILES string of the molecule is COc1nc2c(cc1CNc1ccnc(OC)c1C#N)C(=O)N(C1CCCC1)C2. The highest BCUT2D eigenvalue weighted by Gasteiger charge is 2.35. The van der Waals surface area contributed by atoms with E-state index < -0.39 is 0 Å². The molecule has 0 radical (unpaired) electrons.